The van der Waals surface area contributed by atoms with Gasteiger partial charge in [-0.25, -0.2) is 9.97 Å². The topological polar surface area (TPSA) is 35.6 Å². The van der Waals surface area contributed by atoms with Gasteiger partial charge in [0.2, 0.25) is 0 Å². The highest BCUT2D eigenvalue weighted by molar-refractivity contribution is 6.11. The lowest BCUT2D eigenvalue weighted by Crippen LogP contribution is -1.96. The Morgan fingerprint density at radius 2 is 0.804 bits per heavy atom. The average molecular weight is 715 g/mol. The summed E-state index contributed by atoms with van der Waals surface area (Å²) in [6, 6.07) is 71.3. The number of fused-ring (bicyclic) bond motifs is 6. The van der Waals surface area contributed by atoms with Crippen LogP contribution in [0.2, 0.25) is 0 Å². The maximum atomic E-state index is 5.18. The molecule has 7 aromatic carbocycles. The first-order chi connectivity index (χ1) is 27.8. The first-order valence-electron chi connectivity index (χ1n) is 19.0. The summed E-state index contributed by atoms with van der Waals surface area (Å²) in [5.41, 5.74) is 15.3. The Kier molecular flexibility index (Phi) is 7.46. The average Bonchev–Trinajstić information content (AvgIpc) is 3.79. The van der Waals surface area contributed by atoms with Crippen LogP contribution in [0, 0.1) is 0 Å². The maximum absolute atomic E-state index is 5.18. The molecule has 4 heterocycles. The summed E-state index contributed by atoms with van der Waals surface area (Å²) in [5.74, 6) is 0. The van der Waals surface area contributed by atoms with Crippen LogP contribution in [0.3, 0.4) is 0 Å². The summed E-state index contributed by atoms with van der Waals surface area (Å²) >= 11 is 0. The van der Waals surface area contributed by atoms with E-state index >= 15 is 0 Å². The molecular formula is C52H34N4. The molecular weight excluding hydrogens is 681 g/mol. The van der Waals surface area contributed by atoms with Crippen LogP contribution < -0.4 is 0 Å². The number of pyridine rings is 2. The highest BCUT2D eigenvalue weighted by Crippen LogP contribution is 2.38. The summed E-state index contributed by atoms with van der Waals surface area (Å²) in [4.78, 5) is 10.1. The van der Waals surface area contributed by atoms with Gasteiger partial charge in [-0.3, -0.25) is 4.57 Å². The minimum absolute atomic E-state index is 0.933. The standard InChI is InChI=1S/C52H34N4/c1-4-13-35(14-5-1)40-31-47(36-15-6-2-7-16-36)54-48(32-40)37-22-26-42(27-23-37)56-51-34-39(25-29-45(51)46-20-12-30-53-52(46)56)38-24-28-44-43-19-10-11-21-49(43)55(50(44)33-38)41-17-8-3-9-18-41/h1-34H. The summed E-state index contributed by atoms with van der Waals surface area (Å²) in [5, 5.41) is 4.79. The van der Waals surface area contributed by atoms with Gasteiger partial charge in [-0.1, -0.05) is 133 Å². The third-order valence-electron chi connectivity index (χ3n) is 11.0. The van der Waals surface area contributed by atoms with Crippen molar-refractivity contribution in [2.75, 3.05) is 0 Å². The molecule has 262 valence electrons. The first-order valence-corrected chi connectivity index (χ1v) is 19.0. The van der Waals surface area contributed by atoms with Crippen LogP contribution in [-0.4, -0.2) is 19.1 Å². The number of hydrogen-bond donors (Lipinski definition) is 0. The van der Waals surface area contributed by atoms with Crippen LogP contribution in [0.1, 0.15) is 0 Å². The molecule has 0 atom stereocenters. The van der Waals surface area contributed by atoms with Crippen LogP contribution in [0.5, 0.6) is 0 Å². The first kappa shape index (κ1) is 31.9. The molecule has 0 N–H and O–H groups in total. The molecule has 0 radical (unpaired) electrons. The summed E-state index contributed by atoms with van der Waals surface area (Å²) in [6.07, 6.45) is 1.88. The van der Waals surface area contributed by atoms with Crippen LogP contribution in [0.25, 0.3) is 99.9 Å². The van der Waals surface area contributed by atoms with Crippen molar-refractivity contribution in [1.29, 1.82) is 0 Å². The van der Waals surface area contributed by atoms with E-state index in [-0.39, 0.29) is 0 Å². The molecule has 0 spiro atoms. The van der Waals surface area contributed by atoms with Crippen molar-refractivity contribution >= 4 is 43.7 Å². The number of nitrogens with zero attached hydrogens (tertiary/aromatic N) is 4. The number of rotatable bonds is 6. The molecule has 11 aromatic rings. The van der Waals surface area contributed by atoms with Gasteiger partial charge >= 0.3 is 0 Å². The highest BCUT2D eigenvalue weighted by atomic mass is 15.0. The number of hydrogen-bond acceptors (Lipinski definition) is 2. The van der Waals surface area contributed by atoms with Crippen LogP contribution in [0.15, 0.2) is 206 Å². The van der Waals surface area contributed by atoms with Crippen molar-refractivity contribution in [2.24, 2.45) is 0 Å². The fourth-order valence-electron chi connectivity index (χ4n) is 8.30. The smallest absolute Gasteiger partial charge is 0.145 e. The van der Waals surface area contributed by atoms with Crippen molar-refractivity contribution in [3.8, 4) is 56.1 Å². The largest absolute Gasteiger partial charge is 0.309 e. The molecule has 0 saturated carbocycles. The van der Waals surface area contributed by atoms with Crippen LogP contribution in [0.4, 0.5) is 0 Å². The predicted molar refractivity (Wildman–Crippen MR) is 232 cm³/mol. The second-order valence-corrected chi connectivity index (χ2v) is 14.3. The van der Waals surface area contributed by atoms with E-state index < -0.39 is 0 Å². The highest BCUT2D eigenvalue weighted by Gasteiger charge is 2.17. The summed E-state index contributed by atoms with van der Waals surface area (Å²) in [7, 11) is 0. The van der Waals surface area contributed by atoms with Gasteiger partial charge in [-0.15, -0.1) is 0 Å². The van der Waals surface area contributed by atoms with Crippen LogP contribution >= 0.6 is 0 Å². The minimum atomic E-state index is 0.933. The zero-order chi connectivity index (χ0) is 37.0. The number of benzene rings is 7. The molecule has 56 heavy (non-hydrogen) atoms. The van der Waals surface area contributed by atoms with Gasteiger partial charge in [0.05, 0.1) is 27.9 Å². The predicted octanol–water partition coefficient (Wildman–Crippen LogP) is 13.3. The Morgan fingerprint density at radius 3 is 1.50 bits per heavy atom. The zero-order valence-corrected chi connectivity index (χ0v) is 30.4. The molecule has 4 heteroatoms. The molecule has 4 nitrogen and oxygen atoms in total. The normalized spacial score (nSPS) is 11.6. The van der Waals surface area contributed by atoms with Gasteiger partial charge in [-0.2, -0.15) is 0 Å². The van der Waals surface area contributed by atoms with E-state index in [2.05, 4.69) is 197 Å². The van der Waals surface area contributed by atoms with E-state index in [0.717, 1.165) is 72.7 Å². The molecule has 0 bridgehead atoms. The van der Waals surface area contributed by atoms with E-state index in [1.165, 1.54) is 27.2 Å². The van der Waals surface area contributed by atoms with Gasteiger partial charge in [0.15, 0.2) is 0 Å². The Bertz CT molecular complexity index is 3160. The molecule has 11 rings (SSSR count). The lowest BCUT2D eigenvalue weighted by atomic mass is 10.00. The van der Waals surface area contributed by atoms with Crippen molar-refractivity contribution in [1.82, 2.24) is 19.1 Å². The van der Waals surface area contributed by atoms with Gasteiger partial charge < -0.3 is 4.57 Å². The van der Waals surface area contributed by atoms with E-state index in [1.54, 1.807) is 0 Å². The molecule has 0 saturated heterocycles. The Balaban J connectivity index is 1.04. The number of para-hydroxylation sites is 2. The molecule has 0 aliphatic heterocycles. The van der Waals surface area contributed by atoms with E-state index in [4.69, 9.17) is 9.97 Å². The zero-order valence-electron chi connectivity index (χ0n) is 30.4. The monoisotopic (exact) mass is 714 g/mol. The van der Waals surface area contributed by atoms with E-state index in [9.17, 15) is 0 Å². The summed E-state index contributed by atoms with van der Waals surface area (Å²) < 4.78 is 4.67. The third-order valence-corrected chi connectivity index (χ3v) is 11.0. The van der Waals surface area contributed by atoms with E-state index in [0.29, 0.717) is 0 Å². The maximum Gasteiger partial charge on any atom is 0.145 e. The minimum Gasteiger partial charge on any atom is -0.309 e. The SMILES string of the molecule is c1ccc(-c2cc(-c3ccccc3)nc(-c3ccc(-n4c5cc(-c6ccc7c8ccccc8n(-c8ccccc8)c7c6)ccc5c5cccnc54)cc3)c2)cc1. The second kappa shape index (κ2) is 13.1. The van der Waals surface area contributed by atoms with Gasteiger partial charge in [-0.05, 0) is 89.0 Å². The number of aromatic nitrogens is 4. The molecule has 0 amide bonds. The Labute approximate surface area is 324 Å². The van der Waals surface area contributed by atoms with Crippen molar-refractivity contribution in [3.63, 3.8) is 0 Å². The molecule has 0 fully saturated rings. The fourth-order valence-corrected chi connectivity index (χ4v) is 8.30. The third kappa shape index (κ3) is 5.31. The molecule has 4 aromatic heterocycles. The quantitative estimate of drug-likeness (QED) is 0.172. The van der Waals surface area contributed by atoms with Crippen molar-refractivity contribution in [3.05, 3.63) is 206 Å². The lowest BCUT2D eigenvalue weighted by Gasteiger charge is -2.12. The molecule has 0 unspecified atom stereocenters. The molecule has 0 aliphatic carbocycles. The van der Waals surface area contributed by atoms with Gasteiger partial charge in [0.25, 0.3) is 0 Å². The lowest BCUT2D eigenvalue weighted by molar-refractivity contribution is 1.14. The van der Waals surface area contributed by atoms with Crippen molar-refractivity contribution in [2.45, 2.75) is 0 Å². The fraction of sp³-hybridized carbons (Fsp3) is 0. The summed E-state index contributed by atoms with van der Waals surface area (Å²) in [6.45, 7) is 0. The molecule has 0 aliphatic rings. The van der Waals surface area contributed by atoms with Crippen molar-refractivity contribution < 1.29 is 0 Å². The Morgan fingerprint density at radius 1 is 0.304 bits per heavy atom. The van der Waals surface area contributed by atoms with Gasteiger partial charge in [0, 0.05) is 50.2 Å². The van der Waals surface area contributed by atoms with Crippen LogP contribution in [-0.2, 0) is 0 Å². The second-order valence-electron chi connectivity index (χ2n) is 14.3. The van der Waals surface area contributed by atoms with E-state index in [1.807, 2.05) is 18.3 Å². The Hall–Kier alpha value is -7.56. The van der Waals surface area contributed by atoms with Gasteiger partial charge in [0.1, 0.15) is 5.65 Å².